The minimum atomic E-state index is -3.48. The van der Waals surface area contributed by atoms with Gasteiger partial charge in [0.1, 0.15) is 0 Å². The Morgan fingerprint density at radius 3 is 2.25 bits per heavy atom. The second-order valence-corrected chi connectivity index (χ2v) is 11.7. The van der Waals surface area contributed by atoms with Crippen LogP contribution in [-0.2, 0) is 10.0 Å². The fraction of sp³-hybridized carbons (Fsp3) is 0.478. The number of rotatable bonds is 8. The molecule has 0 saturated carbocycles. The predicted molar refractivity (Wildman–Crippen MR) is 131 cm³/mol. The predicted octanol–water partition coefficient (Wildman–Crippen LogP) is 2.51. The third-order valence-corrected chi connectivity index (χ3v) is 9.08. The first-order valence-electron chi connectivity index (χ1n) is 11.2. The first-order valence-corrected chi connectivity index (χ1v) is 13.4. The van der Waals surface area contributed by atoms with Crippen LogP contribution in [0.3, 0.4) is 0 Å². The summed E-state index contributed by atoms with van der Waals surface area (Å²) in [6, 6.07) is 13.9. The van der Waals surface area contributed by atoms with Gasteiger partial charge in [0.15, 0.2) is 0 Å². The first kappa shape index (κ1) is 23.5. The molecular weight excluding hydrogens is 442 g/mol. The van der Waals surface area contributed by atoms with Crippen molar-refractivity contribution in [1.82, 2.24) is 14.1 Å². The maximum absolute atomic E-state index is 12.7. The minimum absolute atomic E-state index is 0.335. The number of anilines is 2. The molecule has 9 heteroatoms. The number of fused-ring (bicyclic) bond motifs is 2. The van der Waals surface area contributed by atoms with Crippen molar-refractivity contribution < 1.29 is 8.42 Å². The lowest BCUT2D eigenvalue weighted by molar-refractivity contribution is 0.134. The van der Waals surface area contributed by atoms with Gasteiger partial charge in [-0.05, 0) is 43.3 Å². The van der Waals surface area contributed by atoms with Gasteiger partial charge in [-0.25, -0.2) is 12.7 Å². The van der Waals surface area contributed by atoms with Crippen molar-refractivity contribution in [2.45, 2.75) is 21.1 Å². The second-order valence-electron chi connectivity index (χ2n) is 8.46. The smallest absolute Gasteiger partial charge is 0.242 e. The Balaban J connectivity index is 1.51. The fourth-order valence-electron chi connectivity index (χ4n) is 4.29. The van der Waals surface area contributed by atoms with Crippen LogP contribution in [0.15, 0.2) is 57.2 Å². The first-order chi connectivity index (χ1) is 15.4. The molecular formula is C23H33N5O2S2. The number of hydrogen-bond acceptors (Lipinski definition) is 7. The van der Waals surface area contributed by atoms with Crippen LogP contribution in [0.5, 0.6) is 0 Å². The number of benzene rings is 2. The van der Waals surface area contributed by atoms with Crippen molar-refractivity contribution in [3.05, 3.63) is 42.5 Å². The van der Waals surface area contributed by atoms with E-state index in [0.29, 0.717) is 4.90 Å². The highest BCUT2D eigenvalue weighted by Gasteiger charge is 2.26. The maximum Gasteiger partial charge on any atom is 0.242 e. The summed E-state index contributed by atoms with van der Waals surface area (Å²) < 4.78 is 26.8. The molecule has 2 aliphatic rings. The van der Waals surface area contributed by atoms with E-state index in [1.807, 2.05) is 12.1 Å². The number of nitrogens with zero attached hydrogens (tertiary/aromatic N) is 4. The summed E-state index contributed by atoms with van der Waals surface area (Å²) in [4.78, 5) is 9.88. The third-order valence-electron chi connectivity index (χ3n) is 6.14. The van der Waals surface area contributed by atoms with Crippen LogP contribution in [0.4, 0.5) is 11.4 Å². The zero-order valence-electron chi connectivity index (χ0n) is 18.9. The molecule has 0 radical (unpaired) electrons. The molecule has 7 nitrogen and oxygen atoms in total. The highest BCUT2D eigenvalue weighted by molar-refractivity contribution is 7.99. The van der Waals surface area contributed by atoms with Gasteiger partial charge in [-0.2, -0.15) is 0 Å². The van der Waals surface area contributed by atoms with E-state index in [0.717, 1.165) is 75.0 Å². The molecule has 0 unspecified atom stereocenters. The molecule has 1 fully saturated rings. The summed E-state index contributed by atoms with van der Waals surface area (Å²) >= 11 is 1.70. The van der Waals surface area contributed by atoms with Crippen LogP contribution in [0.1, 0.15) is 6.42 Å². The van der Waals surface area contributed by atoms with Crippen LogP contribution < -0.4 is 10.6 Å². The van der Waals surface area contributed by atoms with E-state index in [-0.39, 0.29) is 0 Å². The van der Waals surface area contributed by atoms with Gasteiger partial charge in [-0.15, -0.1) is 0 Å². The van der Waals surface area contributed by atoms with E-state index >= 15 is 0 Å². The van der Waals surface area contributed by atoms with Crippen LogP contribution in [0.2, 0.25) is 0 Å². The highest BCUT2D eigenvalue weighted by atomic mass is 32.2. The molecule has 2 N–H and O–H groups in total. The Morgan fingerprint density at radius 2 is 1.56 bits per heavy atom. The Bertz CT molecular complexity index is 1040. The molecule has 1 saturated heterocycles. The Morgan fingerprint density at radius 1 is 0.906 bits per heavy atom. The summed E-state index contributed by atoms with van der Waals surface area (Å²) in [5.41, 5.74) is 7.81. The van der Waals surface area contributed by atoms with Gasteiger partial charge >= 0.3 is 0 Å². The van der Waals surface area contributed by atoms with E-state index in [9.17, 15) is 8.42 Å². The lowest BCUT2D eigenvalue weighted by atomic mass is 10.2. The molecule has 2 aliphatic heterocycles. The molecule has 2 heterocycles. The van der Waals surface area contributed by atoms with Crippen LogP contribution in [0, 0.1) is 0 Å². The third kappa shape index (κ3) is 4.98. The van der Waals surface area contributed by atoms with Crippen molar-refractivity contribution in [2.75, 3.05) is 71.4 Å². The molecule has 0 spiro atoms. The van der Waals surface area contributed by atoms with Gasteiger partial charge in [-0.1, -0.05) is 23.9 Å². The van der Waals surface area contributed by atoms with E-state index in [1.54, 1.807) is 31.9 Å². The van der Waals surface area contributed by atoms with Gasteiger partial charge in [0.2, 0.25) is 10.0 Å². The summed E-state index contributed by atoms with van der Waals surface area (Å²) in [5, 5.41) is 0. The monoisotopic (exact) mass is 475 g/mol. The zero-order chi connectivity index (χ0) is 22.7. The van der Waals surface area contributed by atoms with E-state index in [4.69, 9.17) is 5.73 Å². The quantitative estimate of drug-likeness (QED) is 0.629. The van der Waals surface area contributed by atoms with E-state index in [2.05, 4.69) is 39.0 Å². The normalized spacial score (nSPS) is 17.4. The zero-order valence-corrected chi connectivity index (χ0v) is 20.5. The molecule has 0 atom stereocenters. The van der Waals surface area contributed by atoms with Crippen molar-refractivity contribution >= 4 is 33.2 Å². The standard InChI is InChI=1S/C23H33N5O2S2/c1-25(2)32(29,30)19-8-9-23-21(18-19)28(20-6-3-4-7-22(20)31-23)12-5-11-26-14-16-27(13-10-24)17-15-26/h3-4,6-9,18H,5,10-17,24H2,1-2H3. The fourth-order valence-corrected chi connectivity index (χ4v) is 6.29. The Hall–Kier alpha value is -1.62. The average molecular weight is 476 g/mol. The summed E-state index contributed by atoms with van der Waals surface area (Å²) in [7, 11) is -0.337. The molecule has 2 aromatic carbocycles. The molecule has 174 valence electrons. The topological polar surface area (TPSA) is 73.1 Å². The van der Waals surface area contributed by atoms with Gasteiger partial charge in [-0.3, -0.25) is 4.90 Å². The molecule has 2 aromatic rings. The number of piperazine rings is 1. The van der Waals surface area contributed by atoms with Crippen LogP contribution >= 0.6 is 11.8 Å². The molecule has 32 heavy (non-hydrogen) atoms. The van der Waals surface area contributed by atoms with Crippen LogP contribution in [-0.4, -0.2) is 89.0 Å². The SMILES string of the molecule is CN(C)S(=O)(=O)c1ccc2c(c1)N(CCCN1CCN(CCN)CC1)c1ccccc1S2. The van der Waals surface area contributed by atoms with Crippen molar-refractivity contribution in [1.29, 1.82) is 0 Å². The number of sulfonamides is 1. The Kier molecular flexibility index (Phi) is 7.44. The average Bonchev–Trinajstić information content (AvgIpc) is 2.79. The maximum atomic E-state index is 12.7. The molecule has 4 rings (SSSR count). The van der Waals surface area contributed by atoms with Gasteiger partial charge < -0.3 is 15.5 Å². The van der Waals surface area contributed by atoms with Crippen LogP contribution in [0.25, 0.3) is 0 Å². The molecule has 0 amide bonds. The van der Waals surface area contributed by atoms with Gasteiger partial charge in [0, 0.05) is 69.7 Å². The Labute approximate surface area is 196 Å². The number of para-hydroxylation sites is 1. The largest absolute Gasteiger partial charge is 0.340 e. The lowest BCUT2D eigenvalue weighted by Crippen LogP contribution is -2.48. The van der Waals surface area contributed by atoms with E-state index in [1.165, 1.54) is 9.20 Å². The van der Waals surface area contributed by atoms with Gasteiger partial charge in [0.05, 0.1) is 16.3 Å². The van der Waals surface area contributed by atoms with Crippen molar-refractivity contribution in [3.8, 4) is 0 Å². The summed E-state index contributed by atoms with van der Waals surface area (Å²) in [6.45, 7) is 7.89. The highest BCUT2D eigenvalue weighted by Crippen LogP contribution is 2.48. The minimum Gasteiger partial charge on any atom is -0.340 e. The molecule has 0 aliphatic carbocycles. The summed E-state index contributed by atoms with van der Waals surface area (Å²) in [5.74, 6) is 0. The van der Waals surface area contributed by atoms with Crippen molar-refractivity contribution in [3.63, 3.8) is 0 Å². The summed E-state index contributed by atoms with van der Waals surface area (Å²) in [6.07, 6.45) is 1.01. The molecule has 0 bridgehead atoms. The number of hydrogen-bond donors (Lipinski definition) is 1. The van der Waals surface area contributed by atoms with E-state index < -0.39 is 10.0 Å². The number of nitrogens with two attached hydrogens (primary N) is 1. The van der Waals surface area contributed by atoms with Gasteiger partial charge in [0.25, 0.3) is 0 Å². The molecule has 0 aromatic heterocycles. The lowest BCUT2D eigenvalue weighted by Gasteiger charge is -2.36. The second kappa shape index (κ2) is 10.1. The van der Waals surface area contributed by atoms with Crippen molar-refractivity contribution in [2.24, 2.45) is 5.73 Å².